The molecule has 0 atom stereocenters. The van der Waals surface area contributed by atoms with Gasteiger partial charge in [0.05, 0.1) is 12.3 Å². The minimum atomic E-state index is -0.179. The summed E-state index contributed by atoms with van der Waals surface area (Å²) in [6.07, 6.45) is 1.72. The average Bonchev–Trinajstić information content (AvgIpc) is 3.15. The van der Waals surface area contributed by atoms with E-state index in [0.717, 1.165) is 11.1 Å². The van der Waals surface area contributed by atoms with Crippen LogP contribution in [0.1, 0.15) is 27.3 Å². The SMILES string of the molecule is C=CCn1c(CNC(=O)c2ccccc2C)nnc1SCC(=O)Nc1cc(Cl)ccc1C. The van der Waals surface area contributed by atoms with Gasteiger partial charge in [-0.25, -0.2) is 0 Å². The molecule has 0 saturated carbocycles. The molecule has 3 rings (SSSR count). The minimum absolute atomic E-state index is 0.150. The fraction of sp³-hybridized carbons (Fsp3) is 0.217. The molecule has 0 saturated heterocycles. The van der Waals surface area contributed by atoms with Crippen LogP contribution in [0.2, 0.25) is 5.02 Å². The van der Waals surface area contributed by atoms with Crippen molar-refractivity contribution in [2.75, 3.05) is 11.1 Å². The first-order valence-electron chi connectivity index (χ1n) is 9.94. The molecule has 0 unspecified atom stereocenters. The van der Waals surface area contributed by atoms with E-state index in [9.17, 15) is 9.59 Å². The predicted octanol–water partition coefficient (Wildman–Crippen LogP) is 4.40. The number of benzene rings is 2. The molecule has 166 valence electrons. The molecule has 0 aliphatic carbocycles. The Bertz CT molecular complexity index is 1150. The Kier molecular flexibility index (Phi) is 8.08. The lowest BCUT2D eigenvalue weighted by molar-refractivity contribution is -0.113. The fourth-order valence-electron chi connectivity index (χ4n) is 3.00. The van der Waals surface area contributed by atoms with E-state index < -0.39 is 0 Å². The number of amides is 2. The molecule has 0 spiro atoms. The zero-order valence-electron chi connectivity index (χ0n) is 17.9. The topological polar surface area (TPSA) is 88.9 Å². The van der Waals surface area contributed by atoms with Crippen molar-refractivity contribution in [2.45, 2.75) is 32.1 Å². The van der Waals surface area contributed by atoms with Gasteiger partial charge in [0, 0.05) is 22.8 Å². The van der Waals surface area contributed by atoms with Crippen LogP contribution < -0.4 is 10.6 Å². The molecule has 0 aliphatic heterocycles. The Morgan fingerprint density at radius 1 is 1.16 bits per heavy atom. The third kappa shape index (κ3) is 5.99. The maximum atomic E-state index is 12.5. The van der Waals surface area contributed by atoms with Gasteiger partial charge >= 0.3 is 0 Å². The molecular formula is C23H24ClN5O2S. The molecule has 2 N–H and O–H groups in total. The van der Waals surface area contributed by atoms with Crippen molar-refractivity contribution in [3.63, 3.8) is 0 Å². The van der Waals surface area contributed by atoms with E-state index in [2.05, 4.69) is 27.4 Å². The molecule has 2 amide bonds. The number of halogens is 1. The third-order valence-electron chi connectivity index (χ3n) is 4.71. The standard InChI is InChI=1S/C23H24ClN5O2S/c1-4-11-29-20(13-25-22(31)18-8-6-5-7-15(18)2)27-28-23(29)32-14-21(30)26-19-12-17(24)10-9-16(19)3/h4-10,12H,1,11,13-14H2,2-3H3,(H,25,31)(H,26,30). The Morgan fingerprint density at radius 3 is 2.69 bits per heavy atom. The van der Waals surface area contributed by atoms with Gasteiger partial charge in [-0.1, -0.05) is 53.7 Å². The first-order valence-corrected chi connectivity index (χ1v) is 11.3. The lowest BCUT2D eigenvalue weighted by atomic mass is 10.1. The second-order valence-corrected chi connectivity index (χ2v) is 8.47. The molecule has 0 aliphatic rings. The molecule has 32 heavy (non-hydrogen) atoms. The molecule has 0 fully saturated rings. The Morgan fingerprint density at radius 2 is 1.94 bits per heavy atom. The third-order valence-corrected chi connectivity index (χ3v) is 5.91. The summed E-state index contributed by atoms with van der Waals surface area (Å²) in [5.74, 6) is 0.377. The van der Waals surface area contributed by atoms with Gasteiger partial charge in [-0.15, -0.1) is 16.8 Å². The fourth-order valence-corrected chi connectivity index (χ4v) is 3.94. The lowest BCUT2D eigenvalue weighted by Crippen LogP contribution is -2.25. The Labute approximate surface area is 196 Å². The van der Waals surface area contributed by atoms with Crippen LogP contribution in [-0.2, 0) is 17.9 Å². The van der Waals surface area contributed by atoms with E-state index in [1.807, 2.05) is 42.7 Å². The molecular weight excluding hydrogens is 446 g/mol. The van der Waals surface area contributed by atoms with Gasteiger partial charge in [-0.2, -0.15) is 0 Å². The number of carbonyl (C=O) groups is 2. The van der Waals surface area contributed by atoms with E-state index in [0.29, 0.717) is 33.8 Å². The van der Waals surface area contributed by atoms with Crippen molar-refractivity contribution in [2.24, 2.45) is 0 Å². The second-order valence-electron chi connectivity index (χ2n) is 7.09. The normalized spacial score (nSPS) is 10.6. The Hall–Kier alpha value is -3.10. The van der Waals surface area contributed by atoms with Gasteiger partial charge in [0.25, 0.3) is 5.91 Å². The molecule has 0 bridgehead atoms. The van der Waals surface area contributed by atoms with Crippen molar-refractivity contribution >= 4 is 40.9 Å². The highest BCUT2D eigenvalue weighted by atomic mass is 35.5. The zero-order chi connectivity index (χ0) is 23.1. The summed E-state index contributed by atoms with van der Waals surface area (Å²) < 4.78 is 1.83. The van der Waals surface area contributed by atoms with Gasteiger partial charge in [-0.3, -0.25) is 9.59 Å². The molecule has 1 heterocycles. The first-order chi connectivity index (χ1) is 15.4. The summed E-state index contributed by atoms with van der Waals surface area (Å²) >= 11 is 7.28. The van der Waals surface area contributed by atoms with Gasteiger partial charge in [0.2, 0.25) is 5.91 Å². The number of aromatic nitrogens is 3. The number of nitrogens with zero attached hydrogens (tertiary/aromatic N) is 3. The first kappa shape index (κ1) is 23.6. The summed E-state index contributed by atoms with van der Waals surface area (Å²) in [7, 11) is 0. The highest BCUT2D eigenvalue weighted by Gasteiger charge is 2.16. The summed E-state index contributed by atoms with van der Waals surface area (Å²) in [6, 6.07) is 12.7. The molecule has 0 radical (unpaired) electrons. The maximum Gasteiger partial charge on any atom is 0.251 e. The monoisotopic (exact) mass is 469 g/mol. The number of hydrogen-bond acceptors (Lipinski definition) is 5. The second kappa shape index (κ2) is 11.0. The van der Waals surface area contributed by atoms with Gasteiger partial charge < -0.3 is 15.2 Å². The predicted molar refractivity (Wildman–Crippen MR) is 128 cm³/mol. The number of hydrogen-bond donors (Lipinski definition) is 2. The quantitative estimate of drug-likeness (QED) is 0.358. The van der Waals surface area contributed by atoms with E-state index in [-0.39, 0.29) is 24.1 Å². The average molecular weight is 470 g/mol. The summed E-state index contributed by atoms with van der Waals surface area (Å²) in [5.41, 5.74) is 3.11. The van der Waals surface area contributed by atoms with Crippen molar-refractivity contribution in [3.8, 4) is 0 Å². The number of rotatable bonds is 9. The summed E-state index contributed by atoms with van der Waals surface area (Å²) in [5, 5.41) is 15.3. The van der Waals surface area contributed by atoms with Crippen LogP contribution in [0.25, 0.3) is 0 Å². The van der Waals surface area contributed by atoms with Crippen LogP contribution in [0.4, 0.5) is 5.69 Å². The van der Waals surface area contributed by atoms with Crippen molar-refractivity contribution < 1.29 is 9.59 Å². The summed E-state index contributed by atoms with van der Waals surface area (Å²) in [6.45, 7) is 8.23. The number of nitrogens with one attached hydrogen (secondary N) is 2. The van der Waals surface area contributed by atoms with Crippen LogP contribution >= 0.6 is 23.4 Å². The van der Waals surface area contributed by atoms with Gasteiger partial charge in [0.1, 0.15) is 0 Å². The smallest absolute Gasteiger partial charge is 0.251 e. The molecule has 3 aromatic rings. The number of carbonyl (C=O) groups excluding carboxylic acids is 2. The number of anilines is 1. The van der Waals surface area contributed by atoms with Crippen molar-refractivity contribution in [1.29, 1.82) is 0 Å². The van der Waals surface area contributed by atoms with Crippen LogP contribution in [0.3, 0.4) is 0 Å². The summed E-state index contributed by atoms with van der Waals surface area (Å²) in [4.78, 5) is 24.9. The lowest BCUT2D eigenvalue weighted by Gasteiger charge is -2.10. The number of aryl methyl sites for hydroxylation is 2. The number of thioether (sulfide) groups is 1. The highest BCUT2D eigenvalue weighted by molar-refractivity contribution is 7.99. The van der Waals surface area contributed by atoms with Crippen LogP contribution in [0.5, 0.6) is 0 Å². The van der Waals surface area contributed by atoms with E-state index >= 15 is 0 Å². The van der Waals surface area contributed by atoms with E-state index in [1.54, 1.807) is 24.3 Å². The van der Waals surface area contributed by atoms with Gasteiger partial charge in [-0.05, 0) is 43.2 Å². The maximum absolute atomic E-state index is 12.5. The highest BCUT2D eigenvalue weighted by Crippen LogP contribution is 2.22. The zero-order valence-corrected chi connectivity index (χ0v) is 19.5. The van der Waals surface area contributed by atoms with E-state index in [4.69, 9.17) is 11.6 Å². The largest absolute Gasteiger partial charge is 0.345 e. The molecule has 1 aromatic heterocycles. The van der Waals surface area contributed by atoms with E-state index in [1.165, 1.54) is 11.8 Å². The van der Waals surface area contributed by atoms with Crippen LogP contribution in [0, 0.1) is 13.8 Å². The molecule has 9 heteroatoms. The van der Waals surface area contributed by atoms with Crippen LogP contribution in [0.15, 0.2) is 60.3 Å². The van der Waals surface area contributed by atoms with Crippen molar-refractivity contribution in [3.05, 3.63) is 82.7 Å². The number of allylic oxidation sites excluding steroid dienone is 1. The van der Waals surface area contributed by atoms with Crippen LogP contribution in [-0.4, -0.2) is 32.3 Å². The molecule has 7 nitrogen and oxygen atoms in total. The van der Waals surface area contributed by atoms with Crippen molar-refractivity contribution in [1.82, 2.24) is 20.1 Å². The minimum Gasteiger partial charge on any atom is -0.345 e. The molecule has 2 aromatic carbocycles. The van der Waals surface area contributed by atoms with Gasteiger partial charge in [0.15, 0.2) is 11.0 Å². The Balaban J connectivity index is 1.63.